The van der Waals surface area contributed by atoms with Crippen LogP contribution in [0.15, 0.2) is 54.6 Å². The van der Waals surface area contributed by atoms with E-state index in [1.54, 1.807) is 0 Å². The Morgan fingerprint density at radius 2 is 1.27 bits per heavy atom. The van der Waals surface area contributed by atoms with Gasteiger partial charge >= 0.3 is 0 Å². The summed E-state index contributed by atoms with van der Waals surface area (Å²) in [6, 6.07) is 20.4. The number of halogens is 1. The van der Waals surface area contributed by atoms with E-state index in [0.29, 0.717) is 0 Å². The fourth-order valence-electron chi connectivity index (χ4n) is 5.85. The van der Waals surface area contributed by atoms with E-state index < -0.39 is 0 Å². The van der Waals surface area contributed by atoms with E-state index in [4.69, 9.17) is 11.6 Å². The van der Waals surface area contributed by atoms with Crippen molar-refractivity contribution in [3.63, 3.8) is 0 Å². The molecule has 0 radical (unpaired) electrons. The van der Waals surface area contributed by atoms with Gasteiger partial charge in [0, 0.05) is 10.4 Å². The fraction of sp³-hybridized carbons (Fsp3) is 0.379. The molecule has 0 saturated carbocycles. The van der Waals surface area contributed by atoms with Gasteiger partial charge < -0.3 is 0 Å². The molecular weight excluding hydrogens is 384 g/mol. The molecule has 0 saturated heterocycles. The van der Waals surface area contributed by atoms with Crippen LogP contribution in [-0.2, 0) is 16.2 Å². The Hall–Kier alpha value is -2.05. The van der Waals surface area contributed by atoms with Crippen molar-refractivity contribution in [1.29, 1.82) is 0 Å². The van der Waals surface area contributed by atoms with Crippen LogP contribution < -0.4 is 0 Å². The molecule has 30 heavy (non-hydrogen) atoms. The Morgan fingerprint density at radius 3 is 2.00 bits per heavy atom. The van der Waals surface area contributed by atoms with Crippen molar-refractivity contribution < 1.29 is 0 Å². The Morgan fingerprint density at radius 1 is 0.633 bits per heavy atom. The Bertz CT molecular complexity index is 1180. The van der Waals surface area contributed by atoms with Crippen molar-refractivity contribution in [2.75, 3.05) is 0 Å². The zero-order chi connectivity index (χ0) is 21.5. The summed E-state index contributed by atoms with van der Waals surface area (Å²) in [5.41, 5.74) is 11.6. The minimum Gasteiger partial charge on any atom is -0.0843 e. The topological polar surface area (TPSA) is 0 Å². The lowest BCUT2D eigenvalue weighted by molar-refractivity contribution is 0.333. The van der Waals surface area contributed by atoms with Crippen molar-refractivity contribution in [3.8, 4) is 22.3 Å². The first-order chi connectivity index (χ1) is 14.0. The maximum Gasteiger partial charge on any atom is 0.0409 e. The molecule has 0 amide bonds. The Labute approximate surface area is 186 Å². The van der Waals surface area contributed by atoms with Crippen molar-refractivity contribution >= 4 is 11.6 Å². The number of rotatable bonds is 1. The van der Waals surface area contributed by atoms with Gasteiger partial charge in [-0.15, -0.1) is 0 Å². The Balaban J connectivity index is 1.73. The highest BCUT2D eigenvalue weighted by Gasteiger charge is 2.39. The molecule has 0 atom stereocenters. The highest BCUT2D eigenvalue weighted by molar-refractivity contribution is 6.30. The monoisotopic (exact) mass is 414 g/mol. The van der Waals surface area contributed by atoms with Crippen LogP contribution in [-0.4, -0.2) is 0 Å². The second kappa shape index (κ2) is 6.24. The molecule has 3 aromatic carbocycles. The molecule has 2 aliphatic carbocycles. The average Bonchev–Trinajstić information content (AvgIpc) is 2.92. The quantitative estimate of drug-likeness (QED) is 0.373. The first-order valence-corrected chi connectivity index (χ1v) is 11.5. The van der Waals surface area contributed by atoms with Gasteiger partial charge in [0.1, 0.15) is 0 Å². The molecule has 0 N–H and O–H groups in total. The van der Waals surface area contributed by atoms with E-state index in [0.717, 1.165) is 5.02 Å². The van der Waals surface area contributed by atoms with Gasteiger partial charge in [-0.3, -0.25) is 0 Å². The molecular formula is C29H31Cl. The van der Waals surface area contributed by atoms with E-state index in [1.807, 2.05) is 6.07 Å². The molecule has 0 nitrogen and oxygen atoms in total. The molecule has 0 aromatic heterocycles. The van der Waals surface area contributed by atoms with Crippen LogP contribution in [0.1, 0.15) is 76.6 Å². The molecule has 1 heteroatoms. The molecule has 0 bridgehead atoms. The van der Waals surface area contributed by atoms with E-state index >= 15 is 0 Å². The number of hydrogen-bond acceptors (Lipinski definition) is 0. The summed E-state index contributed by atoms with van der Waals surface area (Å²) < 4.78 is 0. The molecule has 0 unspecified atom stereocenters. The smallest absolute Gasteiger partial charge is 0.0409 e. The fourth-order valence-corrected chi connectivity index (χ4v) is 6.02. The standard InChI is InChI=1S/C29H31Cl/c1-27(2)14-15-28(3,4)26-20(8-7-9-23(26)27)18-10-12-21-22-13-11-19(30)17-25(22)29(5,6)24(21)16-18/h7-13,16-17H,14-15H2,1-6H3. The molecule has 154 valence electrons. The van der Waals surface area contributed by atoms with Crippen LogP contribution in [0.5, 0.6) is 0 Å². The van der Waals surface area contributed by atoms with Gasteiger partial charge in [0.05, 0.1) is 0 Å². The van der Waals surface area contributed by atoms with Gasteiger partial charge in [0.25, 0.3) is 0 Å². The van der Waals surface area contributed by atoms with Crippen molar-refractivity contribution in [2.24, 2.45) is 0 Å². The Kier molecular flexibility index (Phi) is 4.13. The largest absolute Gasteiger partial charge is 0.0843 e. The van der Waals surface area contributed by atoms with E-state index in [9.17, 15) is 0 Å². The summed E-state index contributed by atoms with van der Waals surface area (Å²) in [6.45, 7) is 14.3. The van der Waals surface area contributed by atoms with Gasteiger partial charge in [0.2, 0.25) is 0 Å². The van der Waals surface area contributed by atoms with Crippen molar-refractivity contribution in [1.82, 2.24) is 0 Å². The van der Waals surface area contributed by atoms with Gasteiger partial charge in [-0.25, -0.2) is 0 Å². The third-order valence-corrected chi connectivity index (χ3v) is 8.03. The lowest BCUT2D eigenvalue weighted by Gasteiger charge is -2.43. The van der Waals surface area contributed by atoms with Crippen molar-refractivity contribution in [3.05, 3.63) is 81.9 Å². The second-order valence-corrected chi connectivity index (χ2v) is 11.5. The van der Waals surface area contributed by atoms with Crippen LogP contribution in [0, 0.1) is 0 Å². The zero-order valence-corrected chi connectivity index (χ0v) is 19.7. The minimum atomic E-state index is -0.0464. The summed E-state index contributed by atoms with van der Waals surface area (Å²) in [5, 5.41) is 0.816. The summed E-state index contributed by atoms with van der Waals surface area (Å²) in [4.78, 5) is 0. The van der Waals surface area contributed by atoms with Crippen LogP contribution in [0.2, 0.25) is 5.02 Å². The van der Waals surface area contributed by atoms with Gasteiger partial charge in [-0.1, -0.05) is 89.5 Å². The molecule has 0 heterocycles. The summed E-state index contributed by atoms with van der Waals surface area (Å²) >= 11 is 6.36. The first-order valence-electron chi connectivity index (χ1n) is 11.1. The highest BCUT2D eigenvalue weighted by Crippen LogP contribution is 2.52. The highest BCUT2D eigenvalue weighted by atomic mass is 35.5. The predicted octanol–water partition coefficient (Wildman–Crippen LogP) is 8.66. The SMILES string of the molecule is CC1(C)CCC(C)(C)c2c(-c3ccc4c(c3)C(C)(C)c3cc(Cl)ccc3-4)cccc21. The lowest BCUT2D eigenvalue weighted by Crippen LogP contribution is -2.34. The molecule has 5 rings (SSSR count). The summed E-state index contributed by atoms with van der Waals surface area (Å²) in [7, 11) is 0. The normalized spacial score (nSPS) is 19.7. The minimum absolute atomic E-state index is 0.0464. The summed E-state index contributed by atoms with van der Waals surface area (Å²) in [6.07, 6.45) is 2.47. The molecule has 0 fully saturated rings. The molecule has 2 aliphatic rings. The van der Waals surface area contributed by atoms with E-state index in [-0.39, 0.29) is 16.2 Å². The first kappa shape index (κ1) is 19.9. The van der Waals surface area contributed by atoms with Crippen molar-refractivity contribution in [2.45, 2.75) is 70.6 Å². The number of fused-ring (bicyclic) bond motifs is 4. The predicted molar refractivity (Wildman–Crippen MR) is 130 cm³/mol. The maximum atomic E-state index is 6.36. The van der Waals surface area contributed by atoms with Gasteiger partial charge in [0.15, 0.2) is 0 Å². The van der Waals surface area contributed by atoms with Crippen LogP contribution in [0.3, 0.4) is 0 Å². The zero-order valence-electron chi connectivity index (χ0n) is 19.0. The number of hydrogen-bond donors (Lipinski definition) is 0. The van der Waals surface area contributed by atoms with Crippen LogP contribution in [0.25, 0.3) is 22.3 Å². The molecule has 3 aromatic rings. The average molecular weight is 415 g/mol. The van der Waals surface area contributed by atoms with E-state index in [1.165, 1.54) is 57.3 Å². The van der Waals surface area contributed by atoms with Crippen LogP contribution >= 0.6 is 11.6 Å². The second-order valence-electron chi connectivity index (χ2n) is 11.1. The van der Waals surface area contributed by atoms with Crippen LogP contribution in [0.4, 0.5) is 0 Å². The van der Waals surface area contributed by atoms with Gasteiger partial charge in [-0.05, 0) is 86.4 Å². The van der Waals surface area contributed by atoms with Gasteiger partial charge in [-0.2, -0.15) is 0 Å². The summed E-state index contributed by atoms with van der Waals surface area (Å²) in [5.74, 6) is 0. The lowest BCUT2D eigenvalue weighted by atomic mass is 9.61. The molecule has 0 spiro atoms. The third kappa shape index (κ3) is 2.73. The van der Waals surface area contributed by atoms with E-state index in [2.05, 4.69) is 90.1 Å². The third-order valence-electron chi connectivity index (χ3n) is 7.79. The molecule has 0 aliphatic heterocycles. The number of benzene rings is 3. The maximum absolute atomic E-state index is 6.36.